The zero-order valence-electron chi connectivity index (χ0n) is 8.31. The first kappa shape index (κ1) is 8.48. The van der Waals surface area contributed by atoms with Gasteiger partial charge in [-0.15, -0.1) is 0 Å². The minimum absolute atomic E-state index is 0.850. The summed E-state index contributed by atoms with van der Waals surface area (Å²) >= 11 is 0. The molecule has 0 spiro atoms. The minimum atomic E-state index is 0.850. The van der Waals surface area contributed by atoms with Gasteiger partial charge in [0.05, 0.1) is 5.71 Å². The molecule has 2 nitrogen and oxygen atoms in total. The number of para-hydroxylation sites is 2. The van der Waals surface area contributed by atoms with E-state index in [4.69, 9.17) is 4.74 Å². The van der Waals surface area contributed by atoms with E-state index in [0.29, 0.717) is 0 Å². The van der Waals surface area contributed by atoms with Crippen molar-refractivity contribution in [3.63, 3.8) is 0 Å². The van der Waals surface area contributed by atoms with E-state index < -0.39 is 0 Å². The van der Waals surface area contributed by atoms with Crippen LogP contribution in [-0.4, -0.2) is 5.71 Å². The van der Waals surface area contributed by atoms with Crippen molar-refractivity contribution in [1.82, 2.24) is 0 Å². The minimum Gasteiger partial charge on any atom is -0.453 e. The number of fused-ring (bicyclic) bond motifs is 2. The van der Waals surface area contributed by atoms with E-state index >= 15 is 0 Å². The third kappa shape index (κ3) is 1.48. The predicted molar refractivity (Wildman–Crippen MR) is 60.6 cm³/mol. The molecule has 0 saturated heterocycles. The van der Waals surface area contributed by atoms with Crippen molar-refractivity contribution in [2.24, 2.45) is 4.99 Å². The summed E-state index contributed by atoms with van der Waals surface area (Å²) in [5.41, 5.74) is 1.99. The molecule has 0 saturated carbocycles. The van der Waals surface area contributed by atoms with Crippen LogP contribution in [0.4, 0.5) is 5.69 Å². The van der Waals surface area contributed by atoms with E-state index in [1.807, 2.05) is 36.4 Å². The molecule has 1 aromatic carbocycles. The van der Waals surface area contributed by atoms with E-state index in [-0.39, 0.29) is 0 Å². The van der Waals surface area contributed by atoms with Gasteiger partial charge in [-0.3, -0.25) is 0 Å². The van der Waals surface area contributed by atoms with E-state index in [0.717, 1.165) is 35.7 Å². The summed E-state index contributed by atoms with van der Waals surface area (Å²) in [6.07, 6.45) is 8.15. The molecule has 0 bridgehead atoms. The second kappa shape index (κ2) is 3.39. The molecule has 15 heavy (non-hydrogen) atoms. The highest BCUT2D eigenvalue weighted by Gasteiger charge is 2.18. The number of nitrogens with zero attached hydrogens (tertiary/aromatic N) is 1. The topological polar surface area (TPSA) is 21.6 Å². The summed E-state index contributed by atoms with van der Waals surface area (Å²) in [5.74, 6) is 1.74. The van der Waals surface area contributed by atoms with Crippen molar-refractivity contribution >= 4 is 11.4 Å². The number of ether oxygens (including phenoxy) is 1. The Labute approximate surface area is 88.6 Å². The van der Waals surface area contributed by atoms with E-state index in [2.05, 4.69) is 11.1 Å². The van der Waals surface area contributed by atoms with Crippen LogP contribution in [0.3, 0.4) is 0 Å². The molecule has 1 aliphatic carbocycles. The SMILES string of the molecule is C1=CCCC2=Nc3ccccc3OC2=C1. The zero-order valence-corrected chi connectivity index (χ0v) is 8.31. The molecule has 3 rings (SSSR count). The number of allylic oxidation sites excluding steroid dienone is 4. The summed E-state index contributed by atoms with van der Waals surface area (Å²) in [6, 6.07) is 7.88. The lowest BCUT2D eigenvalue weighted by Crippen LogP contribution is -2.11. The molecular weight excluding hydrogens is 186 g/mol. The first-order chi connectivity index (χ1) is 7.43. The van der Waals surface area contributed by atoms with E-state index in [1.165, 1.54) is 0 Å². The fraction of sp³-hybridized carbons (Fsp3) is 0.154. The van der Waals surface area contributed by atoms with Crippen LogP contribution in [0, 0.1) is 0 Å². The lowest BCUT2D eigenvalue weighted by atomic mass is 10.1. The highest BCUT2D eigenvalue weighted by molar-refractivity contribution is 6.02. The third-order valence-electron chi connectivity index (χ3n) is 2.56. The van der Waals surface area contributed by atoms with Crippen LogP contribution < -0.4 is 4.74 Å². The quantitative estimate of drug-likeness (QED) is 0.624. The average molecular weight is 197 g/mol. The fourth-order valence-electron chi connectivity index (χ4n) is 1.79. The average Bonchev–Trinajstić information content (AvgIpc) is 2.50. The fourth-order valence-corrected chi connectivity index (χ4v) is 1.79. The van der Waals surface area contributed by atoms with Crippen LogP contribution in [0.15, 0.2) is 53.2 Å². The van der Waals surface area contributed by atoms with Gasteiger partial charge in [-0.2, -0.15) is 0 Å². The van der Waals surface area contributed by atoms with Crippen LogP contribution in [0.1, 0.15) is 12.8 Å². The number of hydrogen-bond donors (Lipinski definition) is 0. The molecule has 2 aliphatic rings. The Hall–Kier alpha value is -1.83. The standard InChI is InChI=1S/C13H11NO/c1-2-6-10-12(8-3-1)15-13-9-5-4-7-11(13)14-10/h1,3-5,7-9H,2,6H2. The van der Waals surface area contributed by atoms with Crippen LogP contribution in [0.5, 0.6) is 5.75 Å². The van der Waals surface area contributed by atoms with Gasteiger partial charge in [0.1, 0.15) is 11.4 Å². The molecule has 1 heterocycles. The summed E-state index contributed by atoms with van der Waals surface area (Å²) in [6.45, 7) is 0. The van der Waals surface area contributed by atoms with Gasteiger partial charge in [-0.1, -0.05) is 24.3 Å². The smallest absolute Gasteiger partial charge is 0.153 e. The molecule has 1 aliphatic heterocycles. The first-order valence-electron chi connectivity index (χ1n) is 5.15. The van der Waals surface area contributed by atoms with Crippen molar-refractivity contribution in [3.05, 3.63) is 48.3 Å². The van der Waals surface area contributed by atoms with Crippen LogP contribution >= 0.6 is 0 Å². The third-order valence-corrected chi connectivity index (χ3v) is 2.56. The molecule has 0 aromatic heterocycles. The number of aliphatic imine (C=N–C) groups is 1. The first-order valence-corrected chi connectivity index (χ1v) is 5.15. The van der Waals surface area contributed by atoms with E-state index in [9.17, 15) is 0 Å². The van der Waals surface area contributed by atoms with Crippen LogP contribution in [-0.2, 0) is 0 Å². The zero-order chi connectivity index (χ0) is 10.1. The van der Waals surface area contributed by atoms with Gasteiger partial charge in [0.2, 0.25) is 0 Å². The molecule has 0 amide bonds. The van der Waals surface area contributed by atoms with Crippen molar-refractivity contribution in [2.45, 2.75) is 12.8 Å². The highest BCUT2D eigenvalue weighted by Crippen LogP contribution is 2.34. The number of hydrogen-bond acceptors (Lipinski definition) is 2. The summed E-state index contributed by atoms with van der Waals surface area (Å²) in [5, 5.41) is 0. The summed E-state index contributed by atoms with van der Waals surface area (Å²) < 4.78 is 5.79. The number of rotatable bonds is 0. The molecular formula is C13H11NO. The Balaban J connectivity index is 2.11. The molecule has 0 N–H and O–H groups in total. The van der Waals surface area contributed by atoms with Gasteiger partial charge in [-0.05, 0) is 31.1 Å². The predicted octanol–water partition coefficient (Wildman–Crippen LogP) is 3.39. The highest BCUT2D eigenvalue weighted by atomic mass is 16.5. The van der Waals surface area contributed by atoms with Gasteiger partial charge in [0, 0.05) is 0 Å². The molecule has 0 radical (unpaired) electrons. The molecule has 2 heteroatoms. The van der Waals surface area contributed by atoms with E-state index in [1.54, 1.807) is 0 Å². The molecule has 0 atom stereocenters. The lowest BCUT2D eigenvalue weighted by Gasteiger charge is -2.18. The van der Waals surface area contributed by atoms with Gasteiger partial charge in [0.15, 0.2) is 5.75 Å². The molecule has 0 fully saturated rings. The van der Waals surface area contributed by atoms with Gasteiger partial charge >= 0.3 is 0 Å². The summed E-state index contributed by atoms with van der Waals surface area (Å²) in [7, 11) is 0. The largest absolute Gasteiger partial charge is 0.453 e. The van der Waals surface area contributed by atoms with Gasteiger partial charge in [0.25, 0.3) is 0 Å². The summed E-state index contributed by atoms with van der Waals surface area (Å²) in [4.78, 5) is 4.61. The molecule has 0 unspecified atom stereocenters. The Morgan fingerprint density at radius 3 is 3.13 bits per heavy atom. The van der Waals surface area contributed by atoms with Crippen molar-refractivity contribution in [2.75, 3.05) is 0 Å². The second-order valence-electron chi connectivity index (χ2n) is 3.63. The number of benzene rings is 1. The van der Waals surface area contributed by atoms with Crippen LogP contribution in [0.2, 0.25) is 0 Å². The Kier molecular flexibility index (Phi) is 1.91. The Bertz CT molecular complexity index is 483. The van der Waals surface area contributed by atoms with Crippen molar-refractivity contribution < 1.29 is 4.74 Å². The van der Waals surface area contributed by atoms with Crippen LogP contribution in [0.25, 0.3) is 0 Å². The monoisotopic (exact) mass is 197 g/mol. The Morgan fingerprint density at radius 2 is 2.13 bits per heavy atom. The lowest BCUT2D eigenvalue weighted by molar-refractivity contribution is 0.448. The maximum Gasteiger partial charge on any atom is 0.153 e. The molecule has 74 valence electrons. The maximum absolute atomic E-state index is 5.79. The van der Waals surface area contributed by atoms with Crippen molar-refractivity contribution in [1.29, 1.82) is 0 Å². The van der Waals surface area contributed by atoms with Crippen molar-refractivity contribution in [3.8, 4) is 5.75 Å². The van der Waals surface area contributed by atoms with Gasteiger partial charge < -0.3 is 4.74 Å². The second-order valence-corrected chi connectivity index (χ2v) is 3.63. The normalized spacial score (nSPS) is 17.9. The van der Waals surface area contributed by atoms with Gasteiger partial charge in [-0.25, -0.2) is 4.99 Å². The maximum atomic E-state index is 5.79. The molecule has 1 aromatic rings. The Morgan fingerprint density at radius 1 is 1.20 bits per heavy atom.